The molecule has 0 amide bonds. The summed E-state index contributed by atoms with van der Waals surface area (Å²) in [7, 11) is -2.54. The van der Waals surface area contributed by atoms with Crippen molar-refractivity contribution in [1.82, 2.24) is 4.98 Å². The van der Waals surface area contributed by atoms with E-state index >= 15 is 0 Å². The third kappa shape index (κ3) is 5.11. The Labute approximate surface area is 134 Å². The first kappa shape index (κ1) is 20.3. The summed E-state index contributed by atoms with van der Waals surface area (Å²) in [4.78, 5) is 14.8. The van der Waals surface area contributed by atoms with Crippen LogP contribution in [0.15, 0.2) is 6.07 Å². The fourth-order valence-electron chi connectivity index (χ4n) is 1.73. The highest BCUT2D eigenvalue weighted by Crippen LogP contribution is 2.40. The van der Waals surface area contributed by atoms with Crippen molar-refractivity contribution in [2.45, 2.75) is 38.9 Å². The molecule has 0 atom stereocenters. The summed E-state index contributed by atoms with van der Waals surface area (Å²) in [5.41, 5.74) is -5.44. The maximum atomic E-state index is 13.2. The lowest BCUT2D eigenvalue weighted by Gasteiger charge is -2.22. The first-order valence-corrected chi connectivity index (χ1v) is 10.1. The molecule has 0 fully saturated rings. The lowest BCUT2D eigenvalue weighted by molar-refractivity contribution is -0.146. The van der Waals surface area contributed by atoms with Crippen molar-refractivity contribution in [2.24, 2.45) is 0 Å². The highest BCUT2D eigenvalue weighted by molar-refractivity contribution is 6.70. The standard InChI is InChI=1S/C13H15F6NO3Si/c1-5-22-11(21)9-7(12(14,15)16)6-8(23-24(2,3)4)20-10(9)13(17,18)19/h6H,5H2,1-4H3. The second-order valence-corrected chi connectivity index (χ2v) is 10.1. The molecule has 0 aliphatic carbocycles. The summed E-state index contributed by atoms with van der Waals surface area (Å²) in [5, 5.41) is 0. The van der Waals surface area contributed by atoms with Gasteiger partial charge in [-0.15, -0.1) is 0 Å². The Hall–Kier alpha value is -1.78. The van der Waals surface area contributed by atoms with E-state index in [1.807, 2.05) is 0 Å². The van der Waals surface area contributed by atoms with E-state index in [0.29, 0.717) is 6.07 Å². The molecular formula is C13H15F6NO3Si. The van der Waals surface area contributed by atoms with Gasteiger partial charge in [-0.1, -0.05) is 0 Å². The van der Waals surface area contributed by atoms with Crippen molar-refractivity contribution in [3.63, 3.8) is 0 Å². The maximum absolute atomic E-state index is 13.2. The van der Waals surface area contributed by atoms with E-state index in [9.17, 15) is 31.1 Å². The minimum atomic E-state index is -5.29. The summed E-state index contributed by atoms with van der Waals surface area (Å²) < 4.78 is 88.5. The van der Waals surface area contributed by atoms with Crippen LogP contribution in [-0.4, -0.2) is 25.9 Å². The number of rotatable bonds is 4. The van der Waals surface area contributed by atoms with Crippen LogP contribution in [0.25, 0.3) is 0 Å². The lowest BCUT2D eigenvalue weighted by Crippen LogP contribution is -2.31. The number of carbonyl (C=O) groups excluding carboxylic acids is 1. The molecule has 0 bridgehead atoms. The number of halogens is 6. The molecule has 0 spiro atoms. The van der Waals surface area contributed by atoms with Gasteiger partial charge in [0.1, 0.15) is 5.56 Å². The average molecular weight is 375 g/mol. The molecule has 1 aromatic heterocycles. The first-order chi connectivity index (χ1) is 10.7. The topological polar surface area (TPSA) is 48.4 Å². The minimum Gasteiger partial charge on any atom is -0.531 e. The van der Waals surface area contributed by atoms with Crippen molar-refractivity contribution in [1.29, 1.82) is 0 Å². The number of pyridine rings is 1. The predicted molar refractivity (Wildman–Crippen MR) is 74.2 cm³/mol. The van der Waals surface area contributed by atoms with Crippen LogP contribution in [0.3, 0.4) is 0 Å². The van der Waals surface area contributed by atoms with E-state index in [1.54, 1.807) is 19.6 Å². The van der Waals surface area contributed by atoms with Gasteiger partial charge in [0.25, 0.3) is 0 Å². The number of aromatic nitrogens is 1. The molecule has 1 rings (SSSR count). The van der Waals surface area contributed by atoms with Crippen LogP contribution < -0.4 is 4.43 Å². The zero-order valence-electron chi connectivity index (χ0n) is 13.2. The predicted octanol–water partition coefficient (Wildman–Crippen LogP) is 4.51. The van der Waals surface area contributed by atoms with E-state index in [4.69, 9.17) is 4.43 Å². The Morgan fingerprint density at radius 2 is 1.67 bits per heavy atom. The second kappa shape index (κ2) is 6.61. The van der Waals surface area contributed by atoms with Gasteiger partial charge in [-0.3, -0.25) is 0 Å². The molecule has 0 saturated heterocycles. The normalized spacial score (nSPS) is 12.9. The summed E-state index contributed by atoms with van der Waals surface area (Å²) in [6.07, 6.45) is -10.5. The van der Waals surface area contributed by atoms with Crippen molar-refractivity contribution >= 4 is 14.3 Å². The largest absolute Gasteiger partial charge is 0.531 e. The number of carbonyl (C=O) groups is 1. The van der Waals surface area contributed by atoms with Gasteiger partial charge in [-0.2, -0.15) is 26.3 Å². The van der Waals surface area contributed by atoms with Crippen LogP contribution in [-0.2, 0) is 17.1 Å². The van der Waals surface area contributed by atoms with Crippen molar-refractivity contribution < 1.29 is 40.3 Å². The molecule has 11 heteroatoms. The van der Waals surface area contributed by atoms with Gasteiger partial charge >= 0.3 is 18.3 Å². The van der Waals surface area contributed by atoms with Gasteiger partial charge < -0.3 is 9.16 Å². The monoisotopic (exact) mass is 375 g/mol. The molecule has 0 aliphatic rings. The third-order valence-electron chi connectivity index (χ3n) is 2.46. The Balaban J connectivity index is 3.74. The number of hydrogen-bond acceptors (Lipinski definition) is 4. The fourth-order valence-corrected chi connectivity index (χ4v) is 2.46. The van der Waals surface area contributed by atoms with E-state index in [-0.39, 0.29) is 6.61 Å². The third-order valence-corrected chi connectivity index (χ3v) is 3.28. The molecule has 0 N–H and O–H groups in total. The summed E-state index contributed by atoms with van der Waals surface area (Å²) in [5.74, 6) is -2.58. The van der Waals surface area contributed by atoms with Crippen LogP contribution in [0.2, 0.25) is 19.6 Å². The molecule has 0 saturated carbocycles. The van der Waals surface area contributed by atoms with Crippen molar-refractivity contribution in [2.75, 3.05) is 6.61 Å². The number of nitrogens with zero attached hydrogens (tertiary/aromatic N) is 1. The number of alkyl halides is 6. The Kier molecular flexibility index (Phi) is 5.58. The fraction of sp³-hybridized carbons (Fsp3) is 0.538. The van der Waals surface area contributed by atoms with Crippen LogP contribution in [0.5, 0.6) is 5.88 Å². The molecule has 4 nitrogen and oxygen atoms in total. The quantitative estimate of drug-likeness (QED) is 0.441. The summed E-state index contributed by atoms with van der Waals surface area (Å²) >= 11 is 0. The molecule has 1 heterocycles. The number of ether oxygens (including phenoxy) is 1. The zero-order chi connectivity index (χ0) is 18.9. The van der Waals surface area contributed by atoms with Gasteiger partial charge in [-0.05, 0) is 26.6 Å². The first-order valence-electron chi connectivity index (χ1n) is 6.72. The number of esters is 1. The molecule has 0 aliphatic heterocycles. The summed E-state index contributed by atoms with van der Waals surface area (Å²) in [6, 6.07) is 0.291. The molecule has 24 heavy (non-hydrogen) atoms. The van der Waals surface area contributed by atoms with Crippen LogP contribution in [0, 0.1) is 0 Å². The molecule has 0 unspecified atom stereocenters. The van der Waals surface area contributed by atoms with Gasteiger partial charge in [0, 0.05) is 6.07 Å². The van der Waals surface area contributed by atoms with Gasteiger partial charge in [-0.25, -0.2) is 9.78 Å². The SMILES string of the molecule is CCOC(=O)c1c(C(F)(F)F)cc(O[Si](C)(C)C)nc1C(F)(F)F. The average Bonchev–Trinajstić information content (AvgIpc) is 2.33. The van der Waals surface area contributed by atoms with Crippen LogP contribution in [0.4, 0.5) is 26.3 Å². The highest BCUT2D eigenvalue weighted by Gasteiger charge is 2.46. The summed E-state index contributed by atoms with van der Waals surface area (Å²) in [6.45, 7) is 5.56. The molecule has 0 aromatic carbocycles. The van der Waals surface area contributed by atoms with Gasteiger partial charge in [0.2, 0.25) is 14.2 Å². The van der Waals surface area contributed by atoms with Gasteiger partial charge in [0.05, 0.1) is 12.2 Å². The van der Waals surface area contributed by atoms with Crippen LogP contribution >= 0.6 is 0 Å². The maximum Gasteiger partial charge on any atom is 0.434 e. The van der Waals surface area contributed by atoms with Gasteiger partial charge in [0.15, 0.2) is 5.69 Å². The molecular weight excluding hydrogens is 360 g/mol. The lowest BCUT2D eigenvalue weighted by atomic mass is 10.1. The molecule has 0 radical (unpaired) electrons. The van der Waals surface area contributed by atoms with Crippen LogP contribution in [0.1, 0.15) is 28.5 Å². The van der Waals surface area contributed by atoms with Crippen molar-refractivity contribution in [3.8, 4) is 5.88 Å². The van der Waals surface area contributed by atoms with Crippen molar-refractivity contribution in [3.05, 3.63) is 22.9 Å². The van der Waals surface area contributed by atoms with E-state index in [0.717, 1.165) is 0 Å². The highest BCUT2D eigenvalue weighted by atomic mass is 28.4. The Morgan fingerprint density at radius 1 is 1.12 bits per heavy atom. The molecule has 1 aromatic rings. The Morgan fingerprint density at radius 3 is 2.04 bits per heavy atom. The second-order valence-electron chi connectivity index (χ2n) is 5.66. The van der Waals surface area contributed by atoms with E-state index in [1.165, 1.54) is 6.92 Å². The Bertz CT molecular complexity index is 587. The van der Waals surface area contributed by atoms with E-state index < -0.39 is 49.3 Å². The smallest absolute Gasteiger partial charge is 0.434 e. The zero-order valence-corrected chi connectivity index (χ0v) is 14.2. The minimum absolute atomic E-state index is 0.291. The number of hydrogen-bond donors (Lipinski definition) is 0. The van der Waals surface area contributed by atoms with E-state index in [2.05, 4.69) is 9.72 Å². The molecule has 136 valence electrons.